The summed E-state index contributed by atoms with van der Waals surface area (Å²) in [5.41, 5.74) is 0. The lowest BCUT2D eigenvalue weighted by molar-refractivity contribution is 0.121. The average Bonchev–Trinajstić information content (AvgIpc) is 2.69. The number of hydrogen-bond donors (Lipinski definition) is 3. The highest BCUT2D eigenvalue weighted by Crippen LogP contribution is 2.15. The first-order valence-electron chi connectivity index (χ1n) is 10.2. The minimum absolute atomic E-state index is 0.0417. The van der Waals surface area contributed by atoms with Gasteiger partial charge in [0.25, 0.3) is 0 Å². The van der Waals surface area contributed by atoms with Crippen LogP contribution in [-0.2, 0) is 13.3 Å². The number of carbonyl (C=O) groups is 2. The monoisotopic (exact) mass is 420 g/mol. The minimum Gasteiger partial charge on any atom is -0.377 e. The van der Waals surface area contributed by atoms with Crippen LogP contribution in [0.25, 0.3) is 0 Å². The maximum absolute atomic E-state index is 12.3. The fourth-order valence-corrected chi connectivity index (χ4v) is 4.53. The summed E-state index contributed by atoms with van der Waals surface area (Å²) in [5.74, 6) is 0. The molecule has 0 heterocycles. The van der Waals surface area contributed by atoms with Crippen LogP contribution in [0.15, 0.2) is 0 Å². The topological polar surface area (TPSA) is 101 Å². The molecule has 0 saturated heterocycles. The lowest BCUT2D eigenvalue weighted by atomic mass is 10.2. The Hall–Kier alpha value is -1.36. The number of nitrogens with zero attached hydrogens (tertiary/aromatic N) is 1. The lowest BCUT2D eigenvalue weighted by Crippen LogP contribution is -2.45. The van der Waals surface area contributed by atoms with Gasteiger partial charge in [0, 0.05) is 60.1 Å². The standard InChI is InChI=1S/C18H40N4O5Si/c1-6-19-17(23)21-13-10-8-9-11-14-22(18(24)20-7-2)15-12-16-28(25-3,26-4)27-5/h6-16H2,1-5H3,(H,20,24)(H2,19,21,23). The van der Waals surface area contributed by atoms with Crippen LogP contribution in [0.3, 0.4) is 0 Å². The fraction of sp³-hybridized carbons (Fsp3) is 0.889. The molecular formula is C18H40N4O5Si. The number of carbonyl (C=O) groups excluding carboxylic acids is 2. The van der Waals surface area contributed by atoms with Crippen molar-refractivity contribution < 1.29 is 22.9 Å². The lowest BCUT2D eigenvalue weighted by Gasteiger charge is -2.27. The first-order chi connectivity index (χ1) is 13.5. The smallest absolute Gasteiger partial charge is 0.377 e. The molecule has 28 heavy (non-hydrogen) atoms. The molecular weight excluding hydrogens is 380 g/mol. The maximum Gasteiger partial charge on any atom is 0.500 e. The van der Waals surface area contributed by atoms with Crippen molar-refractivity contribution in [1.29, 1.82) is 0 Å². The van der Waals surface area contributed by atoms with Gasteiger partial charge in [0.05, 0.1) is 0 Å². The van der Waals surface area contributed by atoms with Gasteiger partial charge in [0.15, 0.2) is 0 Å². The van der Waals surface area contributed by atoms with Gasteiger partial charge in [-0.25, -0.2) is 9.59 Å². The van der Waals surface area contributed by atoms with Gasteiger partial charge in [-0.2, -0.15) is 0 Å². The Balaban J connectivity index is 4.19. The Labute approximate surface area is 171 Å². The number of urea groups is 2. The van der Waals surface area contributed by atoms with Gasteiger partial charge in [-0.05, 0) is 33.1 Å². The van der Waals surface area contributed by atoms with E-state index in [0.717, 1.165) is 32.1 Å². The van der Waals surface area contributed by atoms with Crippen LogP contribution in [0, 0.1) is 0 Å². The average molecular weight is 421 g/mol. The molecule has 0 unspecified atom stereocenters. The Kier molecular flexibility index (Phi) is 15.8. The number of nitrogens with one attached hydrogen (secondary N) is 3. The molecule has 10 heteroatoms. The van der Waals surface area contributed by atoms with E-state index in [1.165, 1.54) is 0 Å². The highest BCUT2D eigenvalue weighted by Gasteiger charge is 2.37. The molecule has 0 aromatic rings. The van der Waals surface area contributed by atoms with E-state index in [9.17, 15) is 9.59 Å². The van der Waals surface area contributed by atoms with Crippen molar-refractivity contribution in [1.82, 2.24) is 20.9 Å². The molecule has 0 spiro atoms. The highest BCUT2D eigenvalue weighted by molar-refractivity contribution is 6.60. The van der Waals surface area contributed by atoms with Gasteiger partial charge in [0.1, 0.15) is 0 Å². The van der Waals surface area contributed by atoms with Crippen LogP contribution in [0.4, 0.5) is 9.59 Å². The Morgan fingerprint density at radius 3 is 1.93 bits per heavy atom. The fourth-order valence-electron chi connectivity index (χ4n) is 2.83. The van der Waals surface area contributed by atoms with E-state index in [1.807, 2.05) is 18.7 Å². The summed E-state index contributed by atoms with van der Waals surface area (Å²) >= 11 is 0. The normalized spacial score (nSPS) is 11.2. The Morgan fingerprint density at radius 1 is 0.786 bits per heavy atom. The van der Waals surface area contributed by atoms with E-state index < -0.39 is 8.80 Å². The molecule has 4 amide bonds. The zero-order valence-corrected chi connectivity index (χ0v) is 19.3. The highest BCUT2D eigenvalue weighted by atomic mass is 28.4. The largest absolute Gasteiger partial charge is 0.500 e. The molecule has 0 fully saturated rings. The van der Waals surface area contributed by atoms with E-state index in [2.05, 4.69) is 16.0 Å². The van der Waals surface area contributed by atoms with Crippen molar-refractivity contribution >= 4 is 20.9 Å². The number of rotatable bonds is 16. The first-order valence-corrected chi connectivity index (χ1v) is 12.1. The molecule has 0 rings (SSSR count). The summed E-state index contributed by atoms with van der Waals surface area (Å²) in [5, 5.41) is 8.40. The van der Waals surface area contributed by atoms with E-state index in [-0.39, 0.29) is 12.1 Å². The second-order valence-electron chi connectivity index (χ2n) is 6.42. The van der Waals surface area contributed by atoms with Crippen molar-refractivity contribution in [3.63, 3.8) is 0 Å². The summed E-state index contributed by atoms with van der Waals surface area (Å²) in [6.07, 6.45) is 4.65. The van der Waals surface area contributed by atoms with E-state index in [0.29, 0.717) is 38.8 Å². The second-order valence-corrected chi connectivity index (χ2v) is 9.51. The van der Waals surface area contributed by atoms with Gasteiger partial charge in [-0.1, -0.05) is 12.8 Å². The zero-order valence-electron chi connectivity index (χ0n) is 18.3. The van der Waals surface area contributed by atoms with Crippen LogP contribution in [-0.4, -0.2) is 79.8 Å². The molecule has 0 aromatic carbocycles. The third-order valence-electron chi connectivity index (χ3n) is 4.44. The first kappa shape index (κ1) is 26.6. The van der Waals surface area contributed by atoms with Gasteiger partial charge in [-0.15, -0.1) is 0 Å². The van der Waals surface area contributed by atoms with Crippen molar-refractivity contribution in [3.05, 3.63) is 0 Å². The molecule has 0 aliphatic rings. The summed E-state index contributed by atoms with van der Waals surface area (Å²) in [4.78, 5) is 25.4. The van der Waals surface area contributed by atoms with Crippen LogP contribution in [0.2, 0.25) is 6.04 Å². The van der Waals surface area contributed by atoms with Crippen LogP contribution in [0.1, 0.15) is 46.0 Å². The van der Waals surface area contributed by atoms with Gasteiger partial charge < -0.3 is 34.1 Å². The summed E-state index contributed by atoms with van der Waals surface area (Å²) in [6.45, 7) is 7.05. The summed E-state index contributed by atoms with van der Waals surface area (Å²) in [6, 6.07) is 0.505. The Bertz CT molecular complexity index is 417. The van der Waals surface area contributed by atoms with Crippen LogP contribution in [0.5, 0.6) is 0 Å². The summed E-state index contributed by atoms with van der Waals surface area (Å²) in [7, 11) is 2.19. The zero-order chi connectivity index (χ0) is 21.3. The molecule has 0 aromatic heterocycles. The SMILES string of the molecule is CCNC(=O)NCCCCCCN(CCC[Si](OC)(OC)OC)C(=O)NCC. The molecule has 9 nitrogen and oxygen atoms in total. The quantitative estimate of drug-likeness (QED) is 0.262. The van der Waals surface area contributed by atoms with Crippen LogP contribution < -0.4 is 16.0 Å². The molecule has 3 N–H and O–H groups in total. The van der Waals surface area contributed by atoms with Gasteiger partial charge >= 0.3 is 20.9 Å². The number of amides is 4. The van der Waals surface area contributed by atoms with Gasteiger partial charge in [-0.3, -0.25) is 0 Å². The summed E-state index contributed by atoms with van der Waals surface area (Å²) < 4.78 is 16.3. The number of hydrogen-bond acceptors (Lipinski definition) is 5. The third kappa shape index (κ3) is 11.5. The molecule has 0 radical (unpaired) electrons. The van der Waals surface area contributed by atoms with Crippen molar-refractivity contribution in [2.45, 2.75) is 52.0 Å². The van der Waals surface area contributed by atoms with E-state index in [4.69, 9.17) is 13.3 Å². The Morgan fingerprint density at radius 2 is 1.36 bits per heavy atom. The molecule has 166 valence electrons. The molecule has 0 saturated carbocycles. The molecule has 0 bridgehead atoms. The van der Waals surface area contributed by atoms with Crippen molar-refractivity contribution in [3.8, 4) is 0 Å². The third-order valence-corrected chi connectivity index (χ3v) is 7.27. The van der Waals surface area contributed by atoms with Gasteiger partial charge in [0.2, 0.25) is 0 Å². The molecule has 0 aliphatic carbocycles. The van der Waals surface area contributed by atoms with Crippen LogP contribution >= 0.6 is 0 Å². The number of unbranched alkanes of at least 4 members (excludes halogenated alkanes) is 3. The van der Waals surface area contributed by atoms with Crippen molar-refractivity contribution in [2.75, 3.05) is 54.1 Å². The molecule has 0 aliphatic heterocycles. The van der Waals surface area contributed by atoms with E-state index in [1.54, 1.807) is 21.3 Å². The second kappa shape index (κ2) is 16.6. The predicted octanol–water partition coefficient (Wildman–Crippen LogP) is 2.17. The minimum atomic E-state index is -2.60. The maximum atomic E-state index is 12.3. The van der Waals surface area contributed by atoms with Crippen molar-refractivity contribution in [2.24, 2.45) is 0 Å². The predicted molar refractivity (Wildman–Crippen MR) is 112 cm³/mol. The molecule has 0 atom stereocenters. The van der Waals surface area contributed by atoms with E-state index >= 15 is 0 Å².